The second-order valence-corrected chi connectivity index (χ2v) is 6.23. The Hall–Kier alpha value is -2.64. The molecule has 0 saturated carbocycles. The molecule has 0 bridgehead atoms. The summed E-state index contributed by atoms with van der Waals surface area (Å²) in [5, 5.41) is 25.0. The van der Waals surface area contributed by atoms with E-state index in [4.69, 9.17) is 0 Å². The summed E-state index contributed by atoms with van der Waals surface area (Å²) in [7, 11) is 0. The van der Waals surface area contributed by atoms with E-state index in [1.165, 1.54) is 18.5 Å². The lowest BCUT2D eigenvalue weighted by Crippen LogP contribution is -2.36. The number of nitrogens with zero attached hydrogens (tertiary/aromatic N) is 4. The number of halogens is 1. The molecule has 0 spiro atoms. The van der Waals surface area contributed by atoms with Crippen LogP contribution in [-0.2, 0) is 5.60 Å². The molecule has 0 amide bonds. The van der Waals surface area contributed by atoms with Crippen LogP contribution in [0.3, 0.4) is 0 Å². The first-order chi connectivity index (χ1) is 12.0. The van der Waals surface area contributed by atoms with Crippen molar-refractivity contribution >= 4 is 0 Å². The molecule has 1 aromatic heterocycles. The highest BCUT2D eigenvalue weighted by Crippen LogP contribution is 2.22. The van der Waals surface area contributed by atoms with Gasteiger partial charge >= 0.3 is 0 Å². The molecule has 2 atom stereocenters. The Bertz CT molecular complexity index is 800. The molecule has 2 N–H and O–H groups in total. The summed E-state index contributed by atoms with van der Waals surface area (Å²) in [4.78, 5) is 0. The van der Waals surface area contributed by atoms with Crippen molar-refractivity contribution in [1.82, 2.24) is 25.5 Å². The minimum atomic E-state index is -1.09. The van der Waals surface area contributed by atoms with Gasteiger partial charge in [-0.1, -0.05) is 24.3 Å². The van der Waals surface area contributed by atoms with E-state index in [-0.39, 0.29) is 11.9 Å². The SMILES string of the molecule is C[C@H](NC[C@](C)(O)c1ccc(F)cc1)c1ccc(-n2cnnn2)cc1. The fourth-order valence-electron chi connectivity index (χ4n) is 2.58. The quantitative estimate of drug-likeness (QED) is 0.720. The van der Waals surface area contributed by atoms with Gasteiger partial charge in [0.05, 0.1) is 11.3 Å². The van der Waals surface area contributed by atoms with Crippen molar-refractivity contribution in [3.63, 3.8) is 0 Å². The van der Waals surface area contributed by atoms with Gasteiger partial charge in [-0.05, 0) is 59.7 Å². The van der Waals surface area contributed by atoms with Gasteiger partial charge in [-0.15, -0.1) is 5.10 Å². The van der Waals surface area contributed by atoms with Gasteiger partial charge in [-0.2, -0.15) is 0 Å². The van der Waals surface area contributed by atoms with E-state index in [1.54, 1.807) is 23.7 Å². The van der Waals surface area contributed by atoms with Crippen molar-refractivity contribution in [3.05, 3.63) is 71.8 Å². The van der Waals surface area contributed by atoms with Crippen molar-refractivity contribution in [2.45, 2.75) is 25.5 Å². The highest BCUT2D eigenvalue weighted by atomic mass is 19.1. The Kier molecular flexibility index (Phi) is 4.87. The third-order valence-electron chi connectivity index (χ3n) is 4.23. The normalized spacial score (nSPS) is 14.9. The minimum absolute atomic E-state index is 0.0369. The number of tetrazole rings is 1. The summed E-state index contributed by atoms with van der Waals surface area (Å²) in [6, 6.07) is 13.8. The van der Waals surface area contributed by atoms with E-state index in [0.29, 0.717) is 12.1 Å². The molecule has 0 unspecified atom stereocenters. The van der Waals surface area contributed by atoms with E-state index >= 15 is 0 Å². The van der Waals surface area contributed by atoms with Crippen molar-refractivity contribution < 1.29 is 9.50 Å². The van der Waals surface area contributed by atoms with Crippen LogP contribution in [0, 0.1) is 5.82 Å². The lowest BCUT2D eigenvalue weighted by atomic mass is 9.95. The molecule has 0 saturated heterocycles. The summed E-state index contributed by atoms with van der Waals surface area (Å²) in [6.45, 7) is 4.07. The van der Waals surface area contributed by atoms with Gasteiger partial charge in [0.15, 0.2) is 0 Å². The Labute approximate surface area is 145 Å². The fraction of sp³-hybridized carbons (Fsp3) is 0.278. The number of rotatable bonds is 6. The van der Waals surface area contributed by atoms with Gasteiger partial charge < -0.3 is 10.4 Å². The number of aromatic nitrogens is 4. The largest absolute Gasteiger partial charge is 0.384 e. The molecule has 25 heavy (non-hydrogen) atoms. The molecule has 7 heteroatoms. The Morgan fingerprint density at radius 1 is 1.16 bits per heavy atom. The zero-order valence-electron chi connectivity index (χ0n) is 14.1. The Morgan fingerprint density at radius 2 is 1.84 bits per heavy atom. The van der Waals surface area contributed by atoms with Crippen LogP contribution in [0.5, 0.6) is 0 Å². The first kappa shape index (κ1) is 17.2. The van der Waals surface area contributed by atoms with Gasteiger partial charge in [0.2, 0.25) is 0 Å². The summed E-state index contributed by atoms with van der Waals surface area (Å²) < 4.78 is 14.6. The fourth-order valence-corrected chi connectivity index (χ4v) is 2.58. The summed E-state index contributed by atoms with van der Waals surface area (Å²) in [5.74, 6) is -0.316. The summed E-state index contributed by atoms with van der Waals surface area (Å²) in [6.07, 6.45) is 1.54. The molecule has 0 aliphatic rings. The number of aliphatic hydroxyl groups is 1. The smallest absolute Gasteiger partial charge is 0.143 e. The second kappa shape index (κ2) is 7.08. The van der Waals surface area contributed by atoms with E-state index in [9.17, 15) is 9.50 Å². The van der Waals surface area contributed by atoms with Crippen LogP contribution in [0.2, 0.25) is 0 Å². The zero-order chi connectivity index (χ0) is 17.9. The van der Waals surface area contributed by atoms with Gasteiger partial charge in [0.1, 0.15) is 12.1 Å². The highest BCUT2D eigenvalue weighted by Gasteiger charge is 2.23. The average Bonchev–Trinajstić information content (AvgIpc) is 3.15. The van der Waals surface area contributed by atoms with Crippen LogP contribution in [-0.4, -0.2) is 31.9 Å². The average molecular weight is 341 g/mol. The van der Waals surface area contributed by atoms with Crippen molar-refractivity contribution in [2.75, 3.05) is 6.54 Å². The van der Waals surface area contributed by atoms with Crippen molar-refractivity contribution in [1.29, 1.82) is 0 Å². The summed E-state index contributed by atoms with van der Waals surface area (Å²) >= 11 is 0. The number of nitrogens with one attached hydrogen (secondary N) is 1. The molecule has 3 aromatic rings. The van der Waals surface area contributed by atoms with Gasteiger partial charge in [-0.25, -0.2) is 9.07 Å². The predicted molar refractivity (Wildman–Crippen MR) is 91.5 cm³/mol. The van der Waals surface area contributed by atoms with Crippen LogP contribution in [0.25, 0.3) is 5.69 Å². The molecule has 1 heterocycles. The monoisotopic (exact) mass is 341 g/mol. The molecule has 0 aliphatic heterocycles. The van der Waals surface area contributed by atoms with Gasteiger partial charge in [-0.3, -0.25) is 0 Å². The number of hydrogen-bond donors (Lipinski definition) is 2. The third kappa shape index (κ3) is 4.07. The van der Waals surface area contributed by atoms with Crippen LogP contribution < -0.4 is 5.32 Å². The van der Waals surface area contributed by atoms with Crippen LogP contribution in [0.4, 0.5) is 4.39 Å². The predicted octanol–water partition coefficient (Wildman–Crippen LogP) is 2.36. The molecule has 0 radical (unpaired) electrons. The van der Waals surface area contributed by atoms with Crippen LogP contribution >= 0.6 is 0 Å². The highest BCUT2D eigenvalue weighted by molar-refractivity contribution is 5.34. The molecular formula is C18H20FN5O. The maximum absolute atomic E-state index is 13.0. The minimum Gasteiger partial charge on any atom is -0.384 e. The standard InChI is InChI=1S/C18H20FN5O/c1-13(14-3-9-17(10-4-14)24-12-21-22-23-24)20-11-18(2,25)15-5-7-16(19)8-6-15/h3-10,12-13,20,25H,11H2,1-2H3/t13-,18-/m0/s1. The topological polar surface area (TPSA) is 75.9 Å². The van der Waals surface area contributed by atoms with E-state index < -0.39 is 5.60 Å². The lowest BCUT2D eigenvalue weighted by Gasteiger charge is -2.26. The third-order valence-corrected chi connectivity index (χ3v) is 4.23. The number of hydrogen-bond acceptors (Lipinski definition) is 5. The lowest BCUT2D eigenvalue weighted by molar-refractivity contribution is 0.0543. The molecule has 2 aromatic carbocycles. The van der Waals surface area contributed by atoms with Crippen LogP contribution in [0.1, 0.15) is 31.0 Å². The molecule has 0 aliphatic carbocycles. The van der Waals surface area contributed by atoms with E-state index in [0.717, 1.165) is 11.3 Å². The van der Waals surface area contributed by atoms with Crippen molar-refractivity contribution in [2.24, 2.45) is 0 Å². The van der Waals surface area contributed by atoms with E-state index in [2.05, 4.69) is 20.8 Å². The summed E-state index contributed by atoms with van der Waals surface area (Å²) in [5.41, 5.74) is 1.53. The molecule has 6 nitrogen and oxygen atoms in total. The number of benzene rings is 2. The van der Waals surface area contributed by atoms with E-state index in [1.807, 2.05) is 31.2 Å². The van der Waals surface area contributed by atoms with Gasteiger partial charge in [0, 0.05) is 12.6 Å². The maximum Gasteiger partial charge on any atom is 0.143 e. The van der Waals surface area contributed by atoms with Gasteiger partial charge in [0.25, 0.3) is 0 Å². The van der Waals surface area contributed by atoms with Crippen molar-refractivity contribution in [3.8, 4) is 5.69 Å². The zero-order valence-corrected chi connectivity index (χ0v) is 14.1. The first-order valence-corrected chi connectivity index (χ1v) is 8.01. The molecular weight excluding hydrogens is 321 g/mol. The second-order valence-electron chi connectivity index (χ2n) is 6.23. The Balaban J connectivity index is 1.63. The molecule has 3 rings (SSSR count). The molecule has 130 valence electrons. The van der Waals surface area contributed by atoms with Crippen LogP contribution in [0.15, 0.2) is 54.9 Å². The maximum atomic E-state index is 13.0. The first-order valence-electron chi connectivity index (χ1n) is 8.01. The Morgan fingerprint density at radius 3 is 2.44 bits per heavy atom. The molecule has 0 fully saturated rings.